The van der Waals surface area contributed by atoms with E-state index in [1.54, 1.807) is 26.4 Å². The van der Waals surface area contributed by atoms with Crippen molar-refractivity contribution in [2.75, 3.05) is 53.6 Å². The number of morpholine rings is 1. The Hall–Kier alpha value is -2.65. The number of hydrogen-bond acceptors (Lipinski definition) is 8. The quantitative estimate of drug-likeness (QED) is 0.680. The molecule has 1 aliphatic heterocycles. The van der Waals surface area contributed by atoms with Crippen molar-refractivity contribution in [3.8, 4) is 22.9 Å². The third-order valence-electron chi connectivity index (χ3n) is 4.53. The number of aryl methyl sites for hydroxylation is 1. The Balaban J connectivity index is 1.46. The Labute approximate surface area is 163 Å². The zero-order chi connectivity index (χ0) is 19.8. The zero-order valence-electron chi connectivity index (χ0n) is 16.3. The van der Waals surface area contributed by atoms with Crippen LogP contribution >= 0.6 is 0 Å². The smallest absolute Gasteiger partial charge is 0.227 e. The van der Waals surface area contributed by atoms with Crippen LogP contribution in [0.5, 0.6) is 11.5 Å². The molecule has 9 nitrogen and oxygen atoms in total. The molecule has 1 aromatic carbocycles. The highest BCUT2D eigenvalue weighted by Crippen LogP contribution is 2.31. The van der Waals surface area contributed by atoms with Gasteiger partial charge >= 0.3 is 0 Å². The van der Waals surface area contributed by atoms with E-state index in [4.69, 9.17) is 18.7 Å². The van der Waals surface area contributed by atoms with Gasteiger partial charge in [0.15, 0.2) is 11.5 Å². The van der Waals surface area contributed by atoms with Crippen LogP contribution in [0.1, 0.15) is 12.3 Å². The third kappa shape index (κ3) is 5.43. The highest BCUT2D eigenvalue weighted by Gasteiger charge is 2.14. The average molecular weight is 390 g/mol. The molecular formula is C19H26N4O5. The van der Waals surface area contributed by atoms with Gasteiger partial charge in [0.25, 0.3) is 0 Å². The molecule has 0 radical (unpaired) electrons. The summed E-state index contributed by atoms with van der Waals surface area (Å²) in [5.74, 6) is 2.06. The van der Waals surface area contributed by atoms with Crippen molar-refractivity contribution in [1.82, 2.24) is 20.4 Å². The number of benzene rings is 1. The minimum atomic E-state index is -0.0286. The maximum Gasteiger partial charge on any atom is 0.227 e. The van der Waals surface area contributed by atoms with Crippen molar-refractivity contribution in [3.05, 3.63) is 24.1 Å². The molecule has 28 heavy (non-hydrogen) atoms. The van der Waals surface area contributed by atoms with E-state index in [-0.39, 0.29) is 5.91 Å². The van der Waals surface area contributed by atoms with Gasteiger partial charge in [0, 0.05) is 44.6 Å². The van der Waals surface area contributed by atoms with Gasteiger partial charge in [0.05, 0.1) is 27.4 Å². The van der Waals surface area contributed by atoms with E-state index in [9.17, 15) is 4.79 Å². The Morgan fingerprint density at radius 3 is 2.75 bits per heavy atom. The van der Waals surface area contributed by atoms with Crippen LogP contribution in [0.15, 0.2) is 22.7 Å². The summed E-state index contributed by atoms with van der Waals surface area (Å²) < 4.78 is 21.1. The molecule has 1 amide bonds. The SMILES string of the molecule is COc1ccc(-c2noc(CCC(=O)NCCN3CCOCC3)n2)cc1OC. The lowest BCUT2D eigenvalue weighted by Crippen LogP contribution is -2.41. The second-order valence-electron chi connectivity index (χ2n) is 6.39. The van der Waals surface area contributed by atoms with Crippen molar-refractivity contribution >= 4 is 5.91 Å². The van der Waals surface area contributed by atoms with Gasteiger partial charge in [-0.3, -0.25) is 9.69 Å². The van der Waals surface area contributed by atoms with Crippen LogP contribution in [0.3, 0.4) is 0 Å². The molecule has 1 fully saturated rings. The molecule has 2 heterocycles. The molecule has 1 saturated heterocycles. The summed E-state index contributed by atoms with van der Waals surface area (Å²) in [6.45, 7) is 4.80. The fourth-order valence-corrected chi connectivity index (χ4v) is 2.94. The average Bonchev–Trinajstić information content (AvgIpc) is 3.21. The second-order valence-corrected chi connectivity index (χ2v) is 6.39. The fourth-order valence-electron chi connectivity index (χ4n) is 2.94. The molecule has 0 spiro atoms. The zero-order valence-corrected chi connectivity index (χ0v) is 16.3. The van der Waals surface area contributed by atoms with Crippen molar-refractivity contribution in [3.63, 3.8) is 0 Å². The number of amides is 1. The first-order chi connectivity index (χ1) is 13.7. The molecule has 3 rings (SSSR count). The van der Waals surface area contributed by atoms with Crippen LogP contribution in [0.25, 0.3) is 11.4 Å². The van der Waals surface area contributed by atoms with Gasteiger partial charge in [0.2, 0.25) is 17.6 Å². The van der Waals surface area contributed by atoms with Gasteiger partial charge in [-0.1, -0.05) is 5.16 Å². The van der Waals surface area contributed by atoms with Crippen molar-refractivity contribution in [1.29, 1.82) is 0 Å². The summed E-state index contributed by atoms with van der Waals surface area (Å²) in [4.78, 5) is 18.7. The number of aromatic nitrogens is 2. The third-order valence-corrected chi connectivity index (χ3v) is 4.53. The Morgan fingerprint density at radius 2 is 2.00 bits per heavy atom. The topological polar surface area (TPSA) is 99.0 Å². The van der Waals surface area contributed by atoms with E-state index in [1.165, 1.54) is 0 Å². The Bertz CT molecular complexity index is 773. The van der Waals surface area contributed by atoms with Crippen LogP contribution < -0.4 is 14.8 Å². The van der Waals surface area contributed by atoms with Crippen LogP contribution in [-0.2, 0) is 16.0 Å². The number of carbonyl (C=O) groups excluding carboxylic acids is 1. The van der Waals surface area contributed by atoms with E-state index in [0.717, 1.165) is 38.4 Å². The number of hydrogen-bond donors (Lipinski definition) is 1. The Morgan fingerprint density at radius 1 is 1.21 bits per heavy atom. The molecule has 1 aliphatic rings. The van der Waals surface area contributed by atoms with Gasteiger partial charge < -0.3 is 24.1 Å². The number of methoxy groups -OCH3 is 2. The molecule has 0 aliphatic carbocycles. The van der Waals surface area contributed by atoms with Gasteiger partial charge in [-0.15, -0.1) is 0 Å². The Kier molecular flexibility index (Phi) is 7.21. The number of nitrogens with one attached hydrogen (secondary N) is 1. The van der Waals surface area contributed by atoms with E-state index in [1.807, 2.05) is 6.07 Å². The summed E-state index contributed by atoms with van der Waals surface area (Å²) in [5, 5.41) is 6.91. The van der Waals surface area contributed by atoms with Gasteiger partial charge in [-0.25, -0.2) is 0 Å². The number of rotatable bonds is 9. The van der Waals surface area contributed by atoms with Crippen molar-refractivity contribution in [2.24, 2.45) is 0 Å². The fraction of sp³-hybridized carbons (Fsp3) is 0.526. The van der Waals surface area contributed by atoms with Crippen molar-refractivity contribution in [2.45, 2.75) is 12.8 Å². The van der Waals surface area contributed by atoms with Gasteiger partial charge in [-0.2, -0.15) is 4.98 Å². The lowest BCUT2D eigenvalue weighted by Gasteiger charge is -2.26. The predicted molar refractivity (Wildman–Crippen MR) is 101 cm³/mol. The molecule has 152 valence electrons. The van der Waals surface area contributed by atoms with Gasteiger partial charge in [-0.05, 0) is 18.2 Å². The standard InChI is InChI=1S/C19H26N4O5/c1-25-15-4-3-14(13-16(15)26-2)19-21-18(28-22-19)6-5-17(24)20-7-8-23-9-11-27-12-10-23/h3-4,13H,5-12H2,1-2H3,(H,20,24). The van der Waals surface area contributed by atoms with E-state index >= 15 is 0 Å². The van der Waals surface area contributed by atoms with Gasteiger partial charge in [0.1, 0.15) is 0 Å². The first-order valence-corrected chi connectivity index (χ1v) is 9.31. The largest absolute Gasteiger partial charge is 0.493 e. The van der Waals surface area contributed by atoms with E-state index in [2.05, 4.69) is 20.4 Å². The number of ether oxygens (including phenoxy) is 3. The van der Waals surface area contributed by atoms with E-state index in [0.29, 0.717) is 42.6 Å². The first kappa shape index (κ1) is 20.1. The monoisotopic (exact) mass is 390 g/mol. The minimum Gasteiger partial charge on any atom is -0.493 e. The number of nitrogens with zero attached hydrogens (tertiary/aromatic N) is 3. The molecule has 2 aromatic rings. The molecule has 0 unspecified atom stereocenters. The maximum atomic E-state index is 12.0. The van der Waals surface area contributed by atoms with Crippen LogP contribution in [0, 0.1) is 0 Å². The normalized spacial score (nSPS) is 14.6. The predicted octanol–water partition coefficient (Wildman–Crippen LogP) is 1.13. The summed E-state index contributed by atoms with van der Waals surface area (Å²) in [7, 11) is 3.15. The van der Waals surface area contributed by atoms with Crippen LogP contribution in [0.2, 0.25) is 0 Å². The highest BCUT2D eigenvalue weighted by atomic mass is 16.5. The molecule has 0 saturated carbocycles. The molecule has 0 bridgehead atoms. The second kappa shape index (κ2) is 10.0. The highest BCUT2D eigenvalue weighted by molar-refractivity contribution is 5.76. The van der Waals surface area contributed by atoms with Crippen LogP contribution in [-0.4, -0.2) is 74.6 Å². The summed E-state index contributed by atoms with van der Waals surface area (Å²) >= 11 is 0. The molecule has 1 N–H and O–H groups in total. The summed E-state index contributed by atoms with van der Waals surface area (Å²) in [5.41, 5.74) is 0.752. The first-order valence-electron chi connectivity index (χ1n) is 9.31. The molecule has 1 aromatic heterocycles. The summed E-state index contributed by atoms with van der Waals surface area (Å²) in [6, 6.07) is 5.40. The summed E-state index contributed by atoms with van der Waals surface area (Å²) in [6.07, 6.45) is 0.695. The molecule has 9 heteroatoms. The number of carbonyl (C=O) groups is 1. The lowest BCUT2D eigenvalue weighted by molar-refractivity contribution is -0.121. The van der Waals surface area contributed by atoms with Crippen LogP contribution in [0.4, 0.5) is 0 Å². The van der Waals surface area contributed by atoms with Crippen molar-refractivity contribution < 1.29 is 23.5 Å². The van der Waals surface area contributed by atoms with E-state index < -0.39 is 0 Å². The molecular weight excluding hydrogens is 364 g/mol. The molecule has 0 atom stereocenters. The lowest BCUT2D eigenvalue weighted by atomic mass is 10.2. The maximum absolute atomic E-state index is 12.0. The minimum absolute atomic E-state index is 0.0286.